The quantitative estimate of drug-likeness (QED) is 0.886. The molecule has 0 bridgehead atoms. The van der Waals surface area contributed by atoms with E-state index in [0.717, 1.165) is 32.5 Å². The van der Waals surface area contributed by atoms with Gasteiger partial charge in [0.15, 0.2) is 0 Å². The molecule has 0 radical (unpaired) electrons. The molecule has 3 nitrogen and oxygen atoms in total. The van der Waals surface area contributed by atoms with E-state index in [1.165, 1.54) is 11.3 Å². The van der Waals surface area contributed by atoms with Crippen molar-refractivity contribution < 1.29 is 9.84 Å². The van der Waals surface area contributed by atoms with Gasteiger partial charge in [-0.05, 0) is 38.3 Å². The van der Waals surface area contributed by atoms with Gasteiger partial charge in [-0.15, -0.1) is 0 Å². The molecule has 19 heavy (non-hydrogen) atoms. The van der Waals surface area contributed by atoms with Crippen LogP contribution in [0.5, 0.6) is 0 Å². The van der Waals surface area contributed by atoms with Crippen LogP contribution in [0.4, 0.5) is 5.69 Å². The van der Waals surface area contributed by atoms with Crippen LogP contribution in [0.25, 0.3) is 0 Å². The maximum absolute atomic E-state index is 9.80. The second kappa shape index (κ2) is 6.40. The summed E-state index contributed by atoms with van der Waals surface area (Å²) in [4.78, 5) is 2.36. The minimum atomic E-state index is -0.101. The molecular weight excluding hydrogens is 238 g/mol. The van der Waals surface area contributed by atoms with Gasteiger partial charge >= 0.3 is 0 Å². The summed E-state index contributed by atoms with van der Waals surface area (Å²) in [5.74, 6) is 0. The molecule has 0 spiro atoms. The number of anilines is 1. The normalized spacial score (nSPS) is 23.3. The zero-order valence-corrected chi connectivity index (χ0v) is 12.1. The molecule has 1 aliphatic rings. The molecule has 1 heterocycles. The van der Waals surface area contributed by atoms with Crippen LogP contribution in [0.1, 0.15) is 25.3 Å². The van der Waals surface area contributed by atoms with E-state index in [9.17, 15) is 5.11 Å². The lowest BCUT2D eigenvalue weighted by molar-refractivity contribution is -0.0335. The molecule has 1 fully saturated rings. The molecule has 1 saturated heterocycles. The highest BCUT2D eigenvalue weighted by Crippen LogP contribution is 2.31. The number of aliphatic hydroxyl groups excluding tert-OH is 1. The summed E-state index contributed by atoms with van der Waals surface area (Å²) in [6.07, 6.45) is 2.10. The molecule has 0 amide bonds. The Morgan fingerprint density at radius 3 is 2.74 bits per heavy atom. The molecule has 1 aromatic rings. The average Bonchev–Trinajstić information content (AvgIpc) is 2.47. The van der Waals surface area contributed by atoms with Crippen LogP contribution in [0.15, 0.2) is 24.3 Å². The van der Waals surface area contributed by atoms with Crippen LogP contribution in [-0.2, 0) is 4.74 Å². The molecule has 1 unspecified atom stereocenters. The van der Waals surface area contributed by atoms with E-state index < -0.39 is 0 Å². The highest BCUT2D eigenvalue weighted by Gasteiger charge is 2.34. The van der Waals surface area contributed by atoms with Crippen molar-refractivity contribution in [2.24, 2.45) is 5.41 Å². The summed E-state index contributed by atoms with van der Waals surface area (Å²) in [6.45, 7) is 7.83. The lowest BCUT2D eigenvalue weighted by Crippen LogP contribution is -2.46. The standard InChI is InChI=1S/C16H25NO2/c1-3-17(15-8-5-4-7-14(15)2)11-16(12-18)9-6-10-19-13-16/h4-5,7-8,18H,3,6,9-13H2,1-2H3. The van der Waals surface area contributed by atoms with Crippen molar-refractivity contribution in [1.82, 2.24) is 0 Å². The number of nitrogens with zero attached hydrogens (tertiary/aromatic N) is 1. The lowest BCUT2D eigenvalue weighted by atomic mass is 9.82. The van der Waals surface area contributed by atoms with Crippen molar-refractivity contribution >= 4 is 5.69 Å². The van der Waals surface area contributed by atoms with Crippen molar-refractivity contribution in [1.29, 1.82) is 0 Å². The fourth-order valence-electron chi connectivity index (χ4n) is 2.90. The van der Waals surface area contributed by atoms with Gasteiger partial charge < -0.3 is 14.7 Å². The zero-order valence-electron chi connectivity index (χ0n) is 12.1. The zero-order chi connectivity index (χ0) is 13.7. The number of rotatable bonds is 5. The molecule has 3 heteroatoms. The SMILES string of the molecule is CCN(CC1(CO)CCCOC1)c1ccccc1C. The van der Waals surface area contributed by atoms with Gasteiger partial charge in [-0.1, -0.05) is 18.2 Å². The van der Waals surface area contributed by atoms with Gasteiger partial charge in [0.2, 0.25) is 0 Å². The van der Waals surface area contributed by atoms with Gasteiger partial charge in [0.1, 0.15) is 0 Å². The molecule has 1 aliphatic heterocycles. The second-order valence-electron chi connectivity index (χ2n) is 5.61. The first-order chi connectivity index (χ1) is 9.21. The molecule has 0 saturated carbocycles. The number of aryl methyl sites for hydroxylation is 1. The Hall–Kier alpha value is -1.06. The highest BCUT2D eigenvalue weighted by atomic mass is 16.5. The van der Waals surface area contributed by atoms with E-state index >= 15 is 0 Å². The molecule has 1 aromatic carbocycles. The van der Waals surface area contributed by atoms with Crippen LogP contribution >= 0.6 is 0 Å². The lowest BCUT2D eigenvalue weighted by Gasteiger charge is -2.40. The van der Waals surface area contributed by atoms with Crippen molar-refractivity contribution in [3.63, 3.8) is 0 Å². The third-order valence-corrected chi connectivity index (χ3v) is 4.10. The van der Waals surface area contributed by atoms with Crippen LogP contribution < -0.4 is 4.90 Å². The first kappa shape index (κ1) is 14.4. The minimum Gasteiger partial charge on any atom is -0.396 e. The predicted octanol–water partition coefficient (Wildman–Crippen LogP) is 2.61. The van der Waals surface area contributed by atoms with E-state index in [1.807, 2.05) is 0 Å². The van der Waals surface area contributed by atoms with Crippen LogP contribution in [0, 0.1) is 12.3 Å². The molecular formula is C16H25NO2. The molecule has 0 aromatic heterocycles. The third kappa shape index (κ3) is 3.28. The number of benzene rings is 1. The summed E-state index contributed by atoms with van der Waals surface area (Å²) in [6, 6.07) is 8.45. The summed E-state index contributed by atoms with van der Waals surface area (Å²) in [5.41, 5.74) is 2.45. The fraction of sp³-hybridized carbons (Fsp3) is 0.625. The smallest absolute Gasteiger partial charge is 0.0561 e. The fourth-order valence-corrected chi connectivity index (χ4v) is 2.90. The van der Waals surface area contributed by atoms with Crippen molar-refractivity contribution in [2.45, 2.75) is 26.7 Å². The van der Waals surface area contributed by atoms with Crippen LogP contribution in [-0.4, -0.2) is 38.0 Å². The molecule has 2 rings (SSSR count). The van der Waals surface area contributed by atoms with E-state index in [0.29, 0.717) is 6.61 Å². The third-order valence-electron chi connectivity index (χ3n) is 4.10. The van der Waals surface area contributed by atoms with Crippen LogP contribution in [0.3, 0.4) is 0 Å². The second-order valence-corrected chi connectivity index (χ2v) is 5.61. The first-order valence-corrected chi connectivity index (χ1v) is 7.20. The van der Waals surface area contributed by atoms with Crippen molar-refractivity contribution in [3.8, 4) is 0 Å². The van der Waals surface area contributed by atoms with Crippen molar-refractivity contribution in [2.75, 3.05) is 37.8 Å². The summed E-state index contributed by atoms with van der Waals surface area (Å²) in [7, 11) is 0. The van der Waals surface area contributed by atoms with Gasteiger partial charge in [0.05, 0.1) is 13.2 Å². The number of ether oxygens (including phenoxy) is 1. The maximum atomic E-state index is 9.80. The number of hydrogen-bond donors (Lipinski definition) is 1. The summed E-state index contributed by atoms with van der Waals surface area (Å²) < 4.78 is 5.60. The summed E-state index contributed by atoms with van der Waals surface area (Å²) in [5, 5.41) is 9.80. The average molecular weight is 263 g/mol. The molecule has 1 N–H and O–H groups in total. The maximum Gasteiger partial charge on any atom is 0.0561 e. The molecule has 106 valence electrons. The van der Waals surface area contributed by atoms with Crippen LogP contribution in [0.2, 0.25) is 0 Å². The van der Waals surface area contributed by atoms with Gasteiger partial charge in [0.25, 0.3) is 0 Å². The summed E-state index contributed by atoms with van der Waals surface area (Å²) >= 11 is 0. The van der Waals surface area contributed by atoms with Crippen molar-refractivity contribution in [3.05, 3.63) is 29.8 Å². The Bertz CT molecular complexity index is 399. The van der Waals surface area contributed by atoms with Gasteiger partial charge in [-0.3, -0.25) is 0 Å². The van der Waals surface area contributed by atoms with E-state index in [2.05, 4.69) is 43.0 Å². The highest BCUT2D eigenvalue weighted by molar-refractivity contribution is 5.53. The number of hydrogen-bond acceptors (Lipinski definition) is 3. The number of aliphatic hydroxyl groups is 1. The van der Waals surface area contributed by atoms with E-state index in [-0.39, 0.29) is 12.0 Å². The van der Waals surface area contributed by atoms with Gasteiger partial charge in [0, 0.05) is 30.8 Å². The monoisotopic (exact) mass is 263 g/mol. The first-order valence-electron chi connectivity index (χ1n) is 7.20. The number of para-hydroxylation sites is 1. The van der Waals surface area contributed by atoms with E-state index in [4.69, 9.17) is 4.74 Å². The Labute approximate surface area is 116 Å². The largest absolute Gasteiger partial charge is 0.396 e. The van der Waals surface area contributed by atoms with E-state index in [1.54, 1.807) is 0 Å². The Kier molecular flexibility index (Phi) is 4.83. The Balaban J connectivity index is 2.16. The topological polar surface area (TPSA) is 32.7 Å². The molecule has 1 atom stereocenters. The molecule has 0 aliphatic carbocycles. The van der Waals surface area contributed by atoms with Gasteiger partial charge in [-0.2, -0.15) is 0 Å². The van der Waals surface area contributed by atoms with Gasteiger partial charge in [-0.25, -0.2) is 0 Å². The Morgan fingerprint density at radius 1 is 1.37 bits per heavy atom. The minimum absolute atomic E-state index is 0.101. The predicted molar refractivity (Wildman–Crippen MR) is 78.6 cm³/mol. The Morgan fingerprint density at radius 2 is 2.16 bits per heavy atom.